The van der Waals surface area contributed by atoms with Gasteiger partial charge in [0.1, 0.15) is 11.4 Å². The van der Waals surface area contributed by atoms with Gasteiger partial charge < -0.3 is 10.1 Å². The van der Waals surface area contributed by atoms with Crippen LogP contribution in [0.5, 0.6) is 5.75 Å². The molecule has 0 atom stereocenters. The lowest BCUT2D eigenvalue weighted by atomic mass is 10.1. The number of hydrogen-bond donors (Lipinski definition) is 1. The lowest BCUT2D eigenvalue weighted by Gasteiger charge is -2.09. The summed E-state index contributed by atoms with van der Waals surface area (Å²) in [6.45, 7) is 4.67. The maximum Gasteiger partial charge on any atom is 0.274 e. The summed E-state index contributed by atoms with van der Waals surface area (Å²) in [7, 11) is 1.58. The molecule has 0 radical (unpaired) electrons. The highest BCUT2D eigenvalue weighted by Crippen LogP contribution is 2.25. The molecule has 2 heterocycles. The second-order valence-corrected chi connectivity index (χ2v) is 5.14. The van der Waals surface area contributed by atoms with Crippen LogP contribution in [-0.2, 0) is 6.54 Å². The summed E-state index contributed by atoms with van der Waals surface area (Å²) in [6, 6.07) is 9.21. The van der Waals surface area contributed by atoms with Crippen molar-refractivity contribution in [2.24, 2.45) is 0 Å². The molecule has 1 aromatic carbocycles. The molecule has 1 N–H and O–H groups in total. The van der Waals surface area contributed by atoms with Crippen LogP contribution in [0, 0.1) is 6.92 Å². The fourth-order valence-electron chi connectivity index (χ4n) is 2.50. The fraction of sp³-hybridized carbons (Fsp3) is 0.235. The van der Waals surface area contributed by atoms with Crippen LogP contribution in [0.25, 0.3) is 10.9 Å². The van der Waals surface area contributed by atoms with Gasteiger partial charge in [0, 0.05) is 18.0 Å². The number of anilines is 1. The number of aryl methyl sites for hydroxylation is 1. The van der Waals surface area contributed by atoms with Crippen LogP contribution in [0.1, 0.15) is 23.1 Å². The first kappa shape index (κ1) is 15.0. The van der Waals surface area contributed by atoms with E-state index in [4.69, 9.17) is 4.74 Å². The summed E-state index contributed by atoms with van der Waals surface area (Å²) in [5, 5.41) is 7.95. The topological polar surface area (TPSA) is 69.0 Å². The van der Waals surface area contributed by atoms with Crippen LogP contribution in [0.4, 0.5) is 5.69 Å². The Morgan fingerprint density at radius 2 is 2.13 bits per heavy atom. The molecule has 0 unspecified atom stereocenters. The van der Waals surface area contributed by atoms with Gasteiger partial charge in [-0.3, -0.25) is 9.48 Å². The van der Waals surface area contributed by atoms with E-state index in [0.29, 0.717) is 17.1 Å². The van der Waals surface area contributed by atoms with Crippen molar-refractivity contribution in [1.82, 2.24) is 14.8 Å². The van der Waals surface area contributed by atoms with Gasteiger partial charge in [-0.05, 0) is 26.0 Å². The van der Waals surface area contributed by atoms with E-state index in [9.17, 15) is 4.79 Å². The van der Waals surface area contributed by atoms with Crippen molar-refractivity contribution in [1.29, 1.82) is 0 Å². The molecular weight excluding hydrogens is 292 g/mol. The third-order valence-corrected chi connectivity index (χ3v) is 3.78. The van der Waals surface area contributed by atoms with Crippen molar-refractivity contribution in [2.45, 2.75) is 20.4 Å². The van der Waals surface area contributed by atoms with Crippen molar-refractivity contribution in [3.63, 3.8) is 0 Å². The van der Waals surface area contributed by atoms with Crippen molar-refractivity contribution < 1.29 is 9.53 Å². The van der Waals surface area contributed by atoms with E-state index in [1.165, 1.54) is 0 Å². The van der Waals surface area contributed by atoms with Gasteiger partial charge in [0.15, 0.2) is 0 Å². The number of ether oxygens (including phenoxy) is 1. The molecular formula is C17H18N4O2. The Hall–Kier alpha value is -2.89. The molecule has 6 nitrogen and oxygen atoms in total. The molecule has 0 saturated heterocycles. The first-order valence-electron chi connectivity index (χ1n) is 7.41. The van der Waals surface area contributed by atoms with E-state index in [0.717, 1.165) is 23.1 Å². The van der Waals surface area contributed by atoms with Crippen molar-refractivity contribution in [3.8, 4) is 5.75 Å². The second kappa shape index (κ2) is 6.08. The minimum absolute atomic E-state index is 0.284. The highest BCUT2D eigenvalue weighted by molar-refractivity contribution is 6.05. The zero-order chi connectivity index (χ0) is 16.4. The minimum atomic E-state index is -0.284. The van der Waals surface area contributed by atoms with Crippen LogP contribution < -0.4 is 10.1 Å². The SMILES string of the molecule is CCn1ncc(NC(=O)c2cc(OC)c3ccccc3n2)c1C. The number of aromatic nitrogens is 3. The predicted molar refractivity (Wildman–Crippen MR) is 88.9 cm³/mol. The van der Waals surface area contributed by atoms with Crippen LogP contribution in [0.3, 0.4) is 0 Å². The zero-order valence-electron chi connectivity index (χ0n) is 13.3. The summed E-state index contributed by atoms with van der Waals surface area (Å²) < 4.78 is 7.20. The lowest BCUT2D eigenvalue weighted by Crippen LogP contribution is -2.14. The third-order valence-electron chi connectivity index (χ3n) is 3.78. The molecule has 118 valence electrons. The third kappa shape index (κ3) is 2.75. The number of fused-ring (bicyclic) bond motifs is 1. The van der Waals surface area contributed by atoms with Gasteiger partial charge >= 0.3 is 0 Å². The number of carbonyl (C=O) groups is 1. The zero-order valence-corrected chi connectivity index (χ0v) is 13.3. The Labute approximate surface area is 134 Å². The standard InChI is InChI=1S/C17H18N4O2/c1-4-21-11(2)15(10-18-21)20-17(22)14-9-16(23-3)12-7-5-6-8-13(12)19-14/h5-10H,4H2,1-3H3,(H,20,22). The average molecular weight is 310 g/mol. The minimum Gasteiger partial charge on any atom is -0.496 e. The summed E-state index contributed by atoms with van der Waals surface area (Å²) in [5.41, 5.74) is 2.63. The van der Waals surface area contributed by atoms with Gasteiger partial charge in [0.2, 0.25) is 0 Å². The molecule has 0 saturated carbocycles. The molecule has 0 spiro atoms. The quantitative estimate of drug-likeness (QED) is 0.804. The molecule has 3 rings (SSSR count). The molecule has 0 aliphatic carbocycles. The number of benzene rings is 1. The predicted octanol–water partition coefficient (Wildman–Crippen LogP) is 3.02. The first-order chi connectivity index (χ1) is 11.1. The van der Waals surface area contributed by atoms with Gasteiger partial charge in [-0.25, -0.2) is 4.98 Å². The van der Waals surface area contributed by atoms with Gasteiger partial charge in [-0.1, -0.05) is 12.1 Å². The van der Waals surface area contributed by atoms with Gasteiger partial charge in [-0.15, -0.1) is 0 Å². The molecule has 6 heteroatoms. The van der Waals surface area contributed by atoms with E-state index in [1.54, 1.807) is 19.4 Å². The Morgan fingerprint density at radius 3 is 2.83 bits per heavy atom. The Balaban J connectivity index is 1.96. The van der Waals surface area contributed by atoms with E-state index in [-0.39, 0.29) is 5.91 Å². The van der Waals surface area contributed by atoms with Crippen molar-refractivity contribution >= 4 is 22.5 Å². The number of pyridine rings is 1. The van der Waals surface area contributed by atoms with E-state index in [2.05, 4.69) is 15.4 Å². The normalized spacial score (nSPS) is 10.7. The number of para-hydroxylation sites is 1. The second-order valence-electron chi connectivity index (χ2n) is 5.14. The summed E-state index contributed by atoms with van der Waals surface area (Å²) in [6.07, 6.45) is 1.65. The Kier molecular flexibility index (Phi) is 3.97. The van der Waals surface area contributed by atoms with Gasteiger partial charge in [-0.2, -0.15) is 5.10 Å². The average Bonchev–Trinajstić information content (AvgIpc) is 2.93. The largest absolute Gasteiger partial charge is 0.496 e. The number of methoxy groups -OCH3 is 1. The summed E-state index contributed by atoms with van der Waals surface area (Å²) in [5.74, 6) is 0.342. The van der Waals surface area contributed by atoms with Crippen molar-refractivity contribution in [2.75, 3.05) is 12.4 Å². The molecule has 0 bridgehead atoms. The number of rotatable bonds is 4. The molecule has 23 heavy (non-hydrogen) atoms. The maximum atomic E-state index is 12.5. The van der Waals surface area contributed by atoms with Gasteiger partial charge in [0.05, 0.1) is 30.2 Å². The molecule has 3 aromatic rings. The molecule has 0 fully saturated rings. The van der Waals surface area contributed by atoms with Crippen LogP contribution in [0.2, 0.25) is 0 Å². The number of carbonyl (C=O) groups excluding carboxylic acids is 1. The van der Waals surface area contributed by atoms with Crippen LogP contribution in [-0.4, -0.2) is 27.8 Å². The Bertz CT molecular complexity index is 870. The highest BCUT2D eigenvalue weighted by atomic mass is 16.5. The number of hydrogen-bond acceptors (Lipinski definition) is 4. The molecule has 2 aromatic heterocycles. The first-order valence-corrected chi connectivity index (χ1v) is 7.41. The Morgan fingerprint density at radius 1 is 1.35 bits per heavy atom. The molecule has 0 aliphatic rings. The lowest BCUT2D eigenvalue weighted by molar-refractivity contribution is 0.102. The van der Waals surface area contributed by atoms with E-state index in [1.807, 2.05) is 42.8 Å². The molecule has 0 aliphatic heterocycles. The van der Waals surface area contributed by atoms with Crippen LogP contribution >= 0.6 is 0 Å². The summed E-state index contributed by atoms with van der Waals surface area (Å²) >= 11 is 0. The van der Waals surface area contributed by atoms with E-state index >= 15 is 0 Å². The highest BCUT2D eigenvalue weighted by Gasteiger charge is 2.15. The monoisotopic (exact) mass is 310 g/mol. The maximum absolute atomic E-state index is 12.5. The van der Waals surface area contributed by atoms with Crippen molar-refractivity contribution in [3.05, 3.63) is 47.9 Å². The fourth-order valence-corrected chi connectivity index (χ4v) is 2.50. The van der Waals surface area contributed by atoms with E-state index < -0.39 is 0 Å². The van der Waals surface area contributed by atoms with Gasteiger partial charge in [0.25, 0.3) is 5.91 Å². The van der Waals surface area contributed by atoms with Crippen LogP contribution in [0.15, 0.2) is 36.5 Å². The number of amides is 1. The molecule has 1 amide bonds. The number of nitrogens with zero attached hydrogens (tertiary/aromatic N) is 3. The smallest absolute Gasteiger partial charge is 0.274 e. The number of nitrogens with one attached hydrogen (secondary N) is 1. The summed E-state index contributed by atoms with van der Waals surface area (Å²) in [4.78, 5) is 16.9.